The van der Waals surface area contributed by atoms with Gasteiger partial charge in [0.25, 0.3) is 5.91 Å². The molecule has 1 aliphatic rings. The summed E-state index contributed by atoms with van der Waals surface area (Å²) in [7, 11) is 0. The van der Waals surface area contributed by atoms with E-state index >= 15 is 0 Å². The third-order valence-electron chi connectivity index (χ3n) is 3.21. The molecule has 1 saturated carbocycles. The number of amides is 1. The van der Waals surface area contributed by atoms with Crippen molar-refractivity contribution in [1.82, 2.24) is 10.2 Å². The fourth-order valence-electron chi connectivity index (χ4n) is 1.99. The van der Waals surface area contributed by atoms with Crippen LogP contribution in [0.4, 0.5) is 11.4 Å². The van der Waals surface area contributed by atoms with Crippen LogP contribution in [0.2, 0.25) is 10.0 Å². The van der Waals surface area contributed by atoms with Gasteiger partial charge in [-0.1, -0.05) is 23.2 Å². The molecule has 0 spiro atoms. The molecule has 1 fully saturated rings. The number of benzene rings is 1. The van der Waals surface area contributed by atoms with E-state index in [2.05, 4.69) is 15.5 Å². The molecular weight excluding hydrogens is 299 g/mol. The summed E-state index contributed by atoms with van der Waals surface area (Å²) >= 11 is 11.8. The van der Waals surface area contributed by atoms with Gasteiger partial charge in [-0.2, -0.15) is 5.10 Å². The molecule has 5 nitrogen and oxygen atoms in total. The SMILES string of the molecule is Nc1c(C(=O)Nc2ccc(Cl)cc2Cl)n[nH]c1C1CC1. The summed E-state index contributed by atoms with van der Waals surface area (Å²) in [6.45, 7) is 0. The van der Waals surface area contributed by atoms with Crippen LogP contribution in [-0.2, 0) is 0 Å². The molecule has 1 amide bonds. The molecule has 1 aromatic carbocycles. The highest BCUT2D eigenvalue weighted by molar-refractivity contribution is 6.36. The van der Waals surface area contributed by atoms with Gasteiger partial charge >= 0.3 is 0 Å². The van der Waals surface area contributed by atoms with Crippen LogP contribution < -0.4 is 11.1 Å². The number of nitrogens with zero attached hydrogens (tertiary/aromatic N) is 1. The standard InChI is InChI=1S/C13H12Cl2N4O/c14-7-3-4-9(8(15)5-7)17-13(20)12-10(16)11(18-19-12)6-1-2-6/h3-6H,1-2,16H2,(H,17,20)(H,18,19). The van der Waals surface area contributed by atoms with E-state index in [0.29, 0.717) is 27.3 Å². The number of hydrogen-bond donors (Lipinski definition) is 3. The lowest BCUT2D eigenvalue weighted by molar-refractivity contribution is 0.102. The van der Waals surface area contributed by atoms with E-state index in [9.17, 15) is 4.79 Å². The van der Waals surface area contributed by atoms with Crippen LogP contribution in [-0.4, -0.2) is 16.1 Å². The van der Waals surface area contributed by atoms with Crippen molar-refractivity contribution in [3.63, 3.8) is 0 Å². The maximum atomic E-state index is 12.2. The lowest BCUT2D eigenvalue weighted by atomic mass is 10.2. The summed E-state index contributed by atoms with van der Waals surface area (Å²) in [5, 5.41) is 10.4. The van der Waals surface area contributed by atoms with Gasteiger partial charge in [-0.05, 0) is 31.0 Å². The minimum absolute atomic E-state index is 0.193. The first kappa shape index (κ1) is 13.3. The van der Waals surface area contributed by atoms with Crippen molar-refractivity contribution in [2.24, 2.45) is 0 Å². The summed E-state index contributed by atoms with van der Waals surface area (Å²) in [4.78, 5) is 12.2. The average molecular weight is 311 g/mol. The van der Waals surface area contributed by atoms with Crippen LogP contribution in [0.3, 0.4) is 0 Å². The van der Waals surface area contributed by atoms with Gasteiger partial charge in [0, 0.05) is 10.9 Å². The Morgan fingerprint density at radius 2 is 2.15 bits per heavy atom. The first-order valence-electron chi connectivity index (χ1n) is 6.16. The van der Waals surface area contributed by atoms with Gasteiger partial charge in [0.1, 0.15) is 0 Å². The molecule has 7 heteroatoms. The Morgan fingerprint density at radius 3 is 2.80 bits per heavy atom. The third-order valence-corrected chi connectivity index (χ3v) is 3.76. The van der Waals surface area contributed by atoms with Gasteiger partial charge in [0.2, 0.25) is 0 Å². The van der Waals surface area contributed by atoms with Crippen LogP contribution in [0, 0.1) is 0 Å². The number of nitrogens with two attached hydrogens (primary N) is 1. The molecule has 3 rings (SSSR count). The first-order chi connectivity index (χ1) is 9.56. The summed E-state index contributed by atoms with van der Waals surface area (Å²) in [5.74, 6) is 0.0121. The van der Waals surface area contributed by atoms with E-state index in [1.165, 1.54) is 0 Å². The second-order valence-electron chi connectivity index (χ2n) is 4.75. The zero-order valence-electron chi connectivity index (χ0n) is 10.4. The summed E-state index contributed by atoms with van der Waals surface area (Å²) < 4.78 is 0. The zero-order chi connectivity index (χ0) is 14.3. The largest absolute Gasteiger partial charge is 0.395 e. The number of aromatic amines is 1. The molecule has 0 saturated heterocycles. The zero-order valence-corrected chi connectivity index (χ0v) is 11.9. The number of rotatable bonds is 3. The molecule has 4 N–H and O–H groups in total. The topological polar surface area (TPSA) is 83.8 Å². The predicted octanol–water partition coefficient (Wildman–Crippen LogP) is 3.43. The highest BCUT2D eigenvalue weighted by Crippen LogP contribution is 2.42. The molecule has 1 heterocycles. The van der Waals surface area contributed by atoms with E-state index in [0.717, 1.165) is 18.5 Å². The fraction of sp³-hybridized carbons (Fsp3) is 0.231. The molecule has 2 aromatic rings. The Labute approximate surface area is 125 Å². The van der Waals surface area contributed by atoms with Crippen LogP contribution in [0.5, 0.6) is 0 Å². The molecule has 104 valence electrons. The van der Waals surface area contributed by atoms with Crippen LogP contribution in [0.1, 0.15) is 34.9 Å². The first-order valence-corrected chi connectivity index (χ1v) is 6.92. The van der Waals surface area contributed by atoms with Gasteiger partial charge in [-0.15, -0.1) is 0 Å². The van der Waals surface area contributed by atoms with Gasteiger partial charge in [0.05, 0.1) is 22.1 Å². The summed E-state index contributed by atoms with van der Waals surface area (Å²) in [5.41, 5.74) is 7.87. The average Bonchev–Trinajstić information content (AvgIpc) is 3.16. The molecular formula is C13H12Cl2N4O. The quantitative estimate of drug-likeness (QED) is 0.812. The molecule has 0 bridgehead atoms. The number of hydrogen-bond acceptors (Lipinski definition) is 3. The minimum atomic E-state index is -0.394. The molecule has 20 heavy (non-hydrogen) atoms. The van der Waals surface area contributed by atoms with Gasteiger partial charge in [-0.3, -0.25) is 9.89 Å². The van der Waals surface area contributed by atoms with Gasteiger partial charge in [-0.25, -0.2) is 0 Å². The van der Waals surface area contributed by atoms with E-state index in [-0.39, 0.29) is 5.69 Å². The lowest BCUT2D eigenvalue weighted by Crippen LogP contribution is -2.14. The van der Waals surface area contributed by atoms with E-state index in [1.807, 2.05) is 0 Å². The lowest BCUT2D eigenvalue weighted by Gasteiger charge is -2.06. The Morgan fingerprint density at radius 1 is 1.40 bits per heavy atom. The van der Waals surface area contributed by atoms with E-state index < -0.39 is 5.91 Å². The van der Waals surface area contributed by atoms with E-state index in [4.69, 9.17) is 28.9 Å². The van der Waals surface area contributed by atoms with E-state index in [1.54, 1.807) is 18.2 Å². The number of nitrogen functional groups attached to an aromatic ring is 1. The third kappa shape index (κ3) is 2.46. The molecule has 0 radical (unpaired) electrons. The molecule has 1 aromatic heterocycles. The van der Waals surface area contributed by atoms with Crippen molar-refractivity contribution < 1.29 is 4.79 Å². The maximum Gasteiger partial charge on any atom is 0.278 e. The van der Waals surface area contributed by atoms with Crippen molar-refractivity contribution in [1.29, 1.82) is 0 Å². The maximum absolute atomic E-state index is 12.2. The predicted molar refractivity (Wildman–Crippen MR) is 79.4 cm³/mol. The second-order valence-corrected chi connectivity index (χ2v) is 5.60. The Kier molecular flexibility index (Phi) is 3.31. The highest BCUT2D eigenvalue weighted by atomic mass is 35.5. The highest BCUT2D eigenvalue weighted by Gasteiger charge is 2.30. The number of carbonyl (C=O) groups excluding carboxylic acids is 1. The monoisotopic (exact) mass is 310 g/mol. The number of nitrogens with one attached hydrogen (secondary N) is 2. The smallest absolute Gasteiger partial charge is 0.278 e. The van der Waals surface area contributed by atoms with Crippen molar-refractivity contribution in [2.75, 3.05) is 11.1 Å². The van der Waals surface area contributed by atoms with Crippen molar-refractivity contribution in [3.05, 3.63) is 39.6 Å². The Bertz CT molecular complexity index is 679. The Balaban J connectivity index is 1.82. The molecule has 1 aliphatic carbocycles. The summed E-state index contributed by atoms with van der Waals surface area (Å²) in [6, 6.07) is 4.84. The van der Waals surface area contributed by atoms with Crippen molar-refractivity contribution in [3.8, 4) is 0 Å². The van der Waals surface area contributed by atoms with Crippen molar-refractivity contribution >= 4 is 40.5 Å². The van der Waals surface area contributed by atoms with Gasteiger partial charge in [0.15, 0.2) is 5.69 Å². The van der Waals surface area contributed by atoms with Crippen LogP contribution in [0.25, 0.3) is 0 Å². The molecule has 0 aliphatic heterocycles. The van der Waals surface area contributed by atoms with Gasteiger partial charge < -0.3 is 11.1 Å². The Hall–Kier alpha value is -1.72. The molecule has 0 atom stereocenters. The van der Waals surface area contributed by atoms with Crippen LogP contribution in [0.15, 0.2) is 18.2 Å². The van der Waals surface area contributed by atoms with Crippen molar-refractivity contribution in [2.45, 2.75) is 18.8 Å². The van der Waals surface area contributed by atoms with Crippen LogP contribution >= 0.6 is 23.2 Å². The minimum Gasteiger partial charge on any atom is -0.395 e. The summed E-state index contributed by atoms with van der Waals surface area (Å²) in [6.07, 6.45) is 2.16. The number of H-pyrrole nitrogens is 1. The normalized spacial score (nSPS) is 14.3. The molecule has 0 unspecified atom stereocenters. The number of halogens is 2. The number of carbonyl (C=O) groups is 1. The second kappa shape index (κ2) is 5.00. The number of aromatic nitrogens is 2. The fourth-order valence-corrected chi connectivity index (χ4v) is 2.45. The number of anilines is 2.